The summed E-state index contributed by atoms with van der Waals surface area (Å²) in [6, 6.07) is 19.4. The van der Waals surface area contributed by atoms with Gasteiger partial charge >= 0.3 is 6.03 Å². The first-order valence-electron chi connectivity index (χ1n) is 11.3. The van der Waals surface area contributed by atoms with Gasteiger partial charge in [-0.25, -0.2) is 9.69 Å². The Morgan fingerprint density at radius 3 is 2.31 bits per heavy atom. The van der Waals surface area contributed by atoms with E-state index in [2.05, 4.69) is 5.32 Å². The van der Waals surface area contributed by atoms with Gasteiger partial charge in [-0.2, -0.15) is 0 Å². The zero-order chi connectivity index (χ0) is 25.7. The molecule has 0 spiro atoms. The summed E-state index contributed by atoms with van der Waals surface area (Å²) in [5.74, 6) is 0.678. The predicted molar refractivity (Wildman–Crippen MR) is 134 cm³/mol. The van der Waals surface area contributed by atoms with Gasteiger partial charge in [-0.05, 0) is 42.0 Å². The summed E-state index contributed by atoms with van der Waals surface area (Å²) in [6.45, 7) is 0.0919. The molecular weight excluding hydrogens is 462 g/mol. The number of urea groups is 1. The molecule has 1 aliphatic heterocycles. The van der Waals surface area contributed by atoms with E-state index in [1.165, 1.54) is 26.2 Å². The van der Waals surface area contributed by atoms with Crippen molar-refractivity contribution in [2.45, 2.75) is 19.0 Å². The molecule has 36 heavy (non-hydrogen) atoms. The second kappa shape index (κ2) is 10.8. The topological polar surface area (TPSA) is 97.4 Å². The van der Waals surface area contributed by atoms with E-state index in [-0.39, 0.29) is 18.9 Å². The minimum absolute atomic E-state index is 0.0919. The molecule has 0 bridgehead atoms. The van der Waals surface area contributed by atoms with Crippen molar-refractivity contribution in [3.8, 4) is 17.2 Å². The Labute approximate surface area is 209 Å². The number of ether oxygens (including phenoxy) is 3. The quantitative estimate of drug-likeness (QED) is 0.455. The van der Waals surface area contributed by atoms with Crippen LogP contribution in [-0.4, -0.2) is 50.1 Å². The molecule has 1 aliphatic rings. The van der Waals surface area contributed by atoms with Gasteiger partial charge in [0.25, 0.3) is 5.91 Å². The Morgan fingerprint density at radius 1 is 0.861 bits per heavy atom. The maximum absolute atomic E-state index is 13.6. The third-order valence-electron chi connectivity index (χ3n) is 5.87. The van der Waals surface area contributed by atoms with Gasteiger partial charge in [0.1, 0.15) is 11.8 Å². The van der Waals surface area contributed by atoms with Crippen molar-refractivity contribution in [1.82, 2.24) is 4.90 Å². The van der Waals surface area contributed by atoms with Gasteiger partial charge in [0.15, 0.2) is 11.5 Å². The number of methoxy groups -OCH3 is 3. The van der Waals surface area contributed by atoms with Crippen molar-refractivity contribution in [3.63, 3.8) is 0 Å². The van der Waals surface area contributed by atoms with Crippen molar-refractivity contribution < 1.29 is 28.6 Å². The maximum Gasteiger partial charge on any atom is 0.332 e. The Hall–Kier alpha value is -4.53. The van der Waals surface area contributed by atoms with Crippen molar-refractivity contribution >= 4 is 29.2 Å². The van der Waals surface area contributed by atoms with E-state index in [1.807, 2.05) is 6.07 Å². The van der Waals surface area contributed by atoms with Crippen molar-refractivity contribution in [1.29, 1.82) is 0 Å². The molecular formula is C27H27N3O6. The first kappa shape index (κ1) is 24.6. The molecule has 0 aromatic heterocycles. The number of para-hydroxylation sites is 1. The molecule has 1 atom stereocenters. The average molecular weight is 490 g/mol. The third kappa shape index (κ3) is 5.10. The number of rotatable bonds is 9. The summed E-state index contributed by atoms with van der Waals surface area (Å²) in [7, 11) is 4.56. The molecule has 1 saturated heterocycles. The highest BCUT2D eigenvalue weighted by atomic mass is 16.5. The molecule has 0 aliphatic carbocycles. The number of carbonyl (C=O) groups excluding carboxylic acids is 3. The zero-order valence-electron chi connectivity index (χ0n) is 20.3. The summed E-state index contributed by atoms with van der Waals surface area (Å²) in [6.07, 6.45) is -0.201. The number of nitrogens with zero attached hydrogens (tertiary/aromatic N) is 2. The number of carbonyl (C=O) groups is 3. The lowest BCUT2D eigenvalue weighted by atomic mass is 10.1. The van der Waals surface area contributed by atoms with E-state index in [1.54, 1.807) is 66.7 Å². The summed E-state index contributed by atoms with van der Waals surface area (Å²) in [5.41, 5.74) is 1.69. The molecule has 4 rings (SSSR count). The van der Waals surface area contributed by atoms with Crippen LogP contribution in [0.3, 0.4) is 0 Å². The number of amides is 4. The van der Waals surface area contributed by atoms with Crippen molar-refractivity contribution in [2.75, 3.05) is 31.5 Å². The number of hydrogen-bond donors (Lipinski definition) is 1. The average Bonchev–Trinajstić information content (AvgIpc) is 3.12. The lowest BCUT2D eigenvalue weighted by Gasteiger charge is -2.22. The van der Waals surface area contributed by atoms with Crippen LogP contribution >= 0.6 is 0 Å². The molecule has 9 heteroatoms. The van der Waals surface area contributed by atoms with Gasteiger partial charge in [-0.15, -0.1) is 0 Å². The molecule has 0 radical (unpaired) electrons. The largest absolute Gasteiger partial charge is 0.497 e. The fourth-order valence-electron chi connectivity index (χ4n) is 4.09. The molecule has 1 fully saturated rings. The van der Waals surface area contributed by atoms with Gasteiger partial charge in [0.2, 0.25) is 5.91 Å². The number of hydrogen-bond acceptors (Lipinski definition) is 6. The lowest BCUT2D eigenvalue weighted by Crippen LogP contribution is -2.37. The molecule has 186 valence electrons. The van der Waals surface area contributed by atoms with Gasteiger partial charge < -0.3 is 24.4 Å². The molecule has 4 amide bonds. The van der Waals surface area contributed by atoms with Crippen molar-refractivity contribution in [2.24, 2.45) is 0 Å². The first-order chi connectivity index (χ1) is 17.4. The molecule has 3 aromatic carbocycles. The van der Waals surface area contributed by atoms with Crippen LogP contribution in [0.15, 0.2) is 72.8 Å². The number of benzene rings is 3. The number of nitrogens with one attached hydrogen (secondary N) is 1. The molecule has 1 N–H and O–H groups in total. The maximum atomic E-state index is 13.6. The number of imide groups is 1. The smallest absolute Gasteiger partial charge is 0.332 e. The van der Waals surface area contributed by atoms with E-state index < -0.39 is 18.0 Å². The van der Waals surface area contributed by atoms with Crippen LogP contribution in [0.1, 0.15) is 12.0 Å². The molecule has 1 heterocycles. The Morgan fingerprint density at radius 2 is 1.61 bits per heavy atom. The van der Waals surface area contributed by atoms with E-state index in [0.29, 0.717) is 28.6 Å². The molecule has 9 nitrogen and oxygen atoms in total. The summed E-state index contributed by atoms with van der Waals surface area (Å²) in [5, 5.41) is 2.79. The van der Waals surface area contributed by atoms with Crippen LogP contribution in [0.5, 0.6) is 17.2 Å². The zero-order valence-corrected chi connectivity index (χ0v) is 20.3. The highest BCUT2D eigenvalue weighted by Gasteiger charge is 2.46. The van der Waals surface area contributed by atoms with Gasteiger partial charge in [0.05, 0.1) is 33.4 Å². The van der Waals surface area contributed by atoms with Crippen LogP contribution in [0, 0.1) is 0 Å². The SMILES string of the molecule is COc1cccc(N2C(=O)C(CC(=O)Nc3ccccc3)N(Cc3ccc(OC)c(OC)c3)C2=O)c1. The fourth-order valence-corrected chi connectivity index (χ4v) is 4.09. The van der Waals surface area contributed by atoms with Crippen LogP contribution in [-0.2, 0) is 16.1 Å². The van der Waals surface area contributed by atoms with Gasteiger partial charge in [0, 0.05) is 18.3 Å². The van der Waals surface area contributed by atoms with Crippen LogP contribution in [0.4, 0.5) is 16.2 Å². The summed E-state index contributed by atoms with van der Waals surface area (Å²) < 4.78 is 15.9. The van der Waals surface area contributed by atoms with Gasteiger partial charge in [-0.3, -0.25) is 9.59 Å². The van der Waals surface area contributed by atoms with Crippen LogP contribution < -0.4 is 24.4 Å². The van der Waals surface area contributed by atoms with Crippen LogP contribution in [0.2, 0.25) is 0 Å². The summed E-state index contributed by atoms with van der Waals surface area (Å²) in [4.78, 5) is 42.4. The summed E-state index contributed by atoms with van der Waals surface area (Å²) >= 11 is 0. The molecule has 0 saturated carbocycles. The van der Waals surface area contributed by atoms with E-state index in [9.17, 15) is 14.4 Å². The Balaban J connectivity index is 1.65. The van der Waals surface area contributed by atoms with Gasteiger partial charge in [-0.1, -0.05) is 30.3 Å². The highest BCUT2D eigenvalue weighted by Crippen LogP contribution is 2.33. The highest BCUT2D eigenvalue weighted by molar-refractivity contribution is 6.22. The minimum atomic E-state index is -1.000. The second-order valence-corrected chi connectivity index (χ2v) is 8.11. The number of anilines is 2. The Kier molecular flexibility index (Phi) is 7.39. The molecule has 3 aromatic rings. The Bertz CT molecular complexity index is 1260. The lowest BCUT2D eigenvalue weighted by molar-refractivity contribution is -0.124. The fraction of sp³-hybridized carbons (Fsp3) is 0.222. The van der Waals surface area contributed by atoms with Crippen LogP contribution in [0.25, 0.3) is 0 Å². The van der Waals surface area contributed by atoms with E-state index in [0.717, 1.165) is 10.5 Å². The minimum Gasteiger partial charge on any atom is -0.497 e. The second-order valence-electron chi connectivity index (χ2n) is 8.11. The third-order valence-corrected chi connectivity index (χ3v) is 5.87. The predicted octanol–water partition coefficient (Wildman–Crippen LogP) is 4.08. The standard InChI is InChI=1S/C27H27N3O6/c1-34-21-11-7-10-20(15-21)30-26(32)22(16-25(31)28-19-8-5-4-6-9-19)29(27(30)33)17-18-12-13-23(35-2)24(14-18)36-3/h4-15,22H,16-17H2,1-3H3,(H,28,31). The van der Waals surface area contributed by atoms with E-state index >= 15 is 0 Å². The molecule has 1 unspecified atom stereocenters. The first-order valence-corrected chi connectivity index (χ1v) is 11.3. The monoisotopic (exact) mass is 489 g/mol. The normalized spacial score (nSPS) is 15.1. The van der Waals surface area contributed by atoms with Crippen molar-refractivity contribution in [3.05, 3.63) is 78.4 Å². The van der Waals surface area contributed by atoms with E-state index in [4.69, 9.17) is 14.2 Å².